The Balaban J connectivity index is 1.34. The van der Waals surface area contributed by atoms with Crippen molar-refractivity contribution in [2.75, 3.05) is 0 Å². The molecule has 2 heteroatoms. The molecule has 0 unspecified atom stereocenters. The largest absolute Gasteiger partial charge is 0.464 e. The molecule has 0 amide bonds. The Morgan fingerprint density at radius 2 is 1.29 bits per heavy atom. The maximum Gasteiger partial charge on any atom is 0.139 e. The molecular weight excluding hydrogens is 464 g/mol. The van der Waals surface area contributed by atoms with E-state index in [1.807, 2.05) is 42.5 Å². The first-order valence-electron chi connectivity index (χ1n) is 12.7. The second-order valence-corrected chi connectivity index (χ2v) is 9.48. The summed E-state index contributed by atoms with van der Waals surface area (Å²) in [6.07, 6.45) is 10.5. The molecule has 5 aromatic rings. The zero-order valence-electron chi connectivity index (χ0n) is 20.7. The van der Waals surface area contributed by atoms with Gasteiger partial charge in [-0.25, -0.2) is 0 Å². The molecular formula is C36H24O2. The zero-order valence-corrected chi connectivity index (χ0v) is 20.7. The van der Waals surface area contributed by atoms with Crippen LogP contribution < -0.4 is 10.8 Å². The Kier molecular flexibility index (Phi) is 5.30. The van der Waals surface area contributed by atoms with Crippen LogP contribution in [0.4, 0.5) is 0 Å². The van der Waals surface area contributed by atoms with Crippen LogP contribution in [0.15, 0.2) is 143 Å². The van der Waals surface area contributed by atoms with E-state index in [9.17, 15) is 0 Å². The summed E-state index contributed by atoms with van der Waals surface area (Å²) in [5.41, 5.74) is 12.9. The zero-order chi connectivity index (χ0) is 25.5. The molecule has 0 aliphatic heterocycles. The number of hydrogen-bond donors (Lipinski definition) is 0. The molecule has 0 N–H and O–H groups in total. The van der Waals surface area contributed by atoms with Gasteiger partial charge in [0.1, 0.15) is 16.6 Å². The van der Waals surface area contributed by atoms with Crippen LogP contribution >= 0.6 is 0 Å². The Hall–Kier alpha value is -5.08. The maximum absolute atomic E-state index is 6.39. The third-order valence-corrected chi connectivity index (χ3v) is 7.09. The van der Waals surface area contributed by atoms with Crippen LogP contribution in [0.2, 0.25) is 0 Å². The highest BCUT2D eigenvalue weighted by molar-refractivity contribution is 6.09. The van der Waals surface area contributed by atoms with Gasteiger partial charge in [-0.1, -0.05) is 85.4 Å². The summed E-state index contributed by atoms with van der Waals surface area (Å²) >= 11 is 0. The van der Waals surface area contributed by atoms with Crippen LogP contribution in [0.5, 0.6) is 0 Å². The van der Waals surface area contributed by atoms with Crippen molar-refractivity contribution in [1.29, 1.82) is 0 Å². The molecule has 0 atom stereocenters. The van der Waals surface area contributed by atoms with E-state index < -0.39 is 0 Å². The molecule has 0 fully saturated rings. The van der Waals surface area contributed by atoms with E-state index in [2.05, 4.69) is 91.5 Å². The first-order chi connectivity index (χ1) is 18.7. The lowest BCUT2D eigenvalue weighted by atomic mass is 10.00. The summed E-state index contributed by atoms with van der Waals surface area (Å²) in [5.74, 6) is 0.777. The normalized spacial score (nSPS) is 16.4. The van der Waals surface area contributed by atoms with Crippen LogP contribution in [0.3, 0.4) is 0 Å². The molecule has 2 nitrogen and oxygen atoms in total. The van der Waals surface area contributed by atoms with E-state index in [1.54, 1.807) is 6.26 Å². The lowest BCUT2D eigenvalue weighted by molar-refractivity contribution is 0.495. The second kappa shape index (κ2) is 9.10. The third-order valence-electron chi connectivity index (χ3n) is 7.09. The van der Waals surface area contributed by atoms with Gasteiger partial charge in [-0.2, -0.15) is 0 Å². The van der Waals surface area contributed by atoms with Crippen LogP contribution in [0.1, 0.15) is 33.6 Å². The van der Waals surface area contributed by atoms with E-state index >= 15 is 0 Å². The minimum absolute atomic E-state index is 0.770. The van der Waals surface area contributed by atoms with E-state index in [1.165, 1.54) is 33.4 Å². The fourth-order valence-electron chi connectivity index (χ4n) is 5.34. The molecule has 7 rings (SSSR count). The average Bonchev–Trinajstić information content (AvgIpc) is 3.76. The van der Waals surface area contributed by atoms with Gasteiger partial charge < -0.3 is 8.83 Å². The number of rotatable bonds is 4. The monoisotopic (exact) mass is 488 g/mol. The van der Waals surface area contributed by atoms with Crippen molar-refractivity contribution < 1.29 is 8.83 Å². The Morgan fingerprint density at radius 1 is 0.605 bits per heavy atom. The van der Waals surface area contributed by atoms with E-state index in [0.717, 1.165) is 38.9 Å². The SMILES string of the molecule is C=C1C=C(/C=C2C=C(/C=c3/cc/c(=C(\c4ccccc4)c4ccco4)o3)c3ccccc3\2)c2ccccc21. The number of hydrogen-bond acceptors (Lipinski definition) is 2. The molecule has 2 aliphatic carbocycles. The summed E-state index contributed by atoms with van der Waals surface area (Å²) in [5, 5.41) is 0. The van der Waals surface area contributed by atoms with Crippen LogP contribution in [-0.4, -0.2) is 0 Å². The van der Waals surface area contributed by atoms with Gasteiger partial charge in [0, 0.05) is 0 Å². The quantitative estimate of drug-likeness (QED) is 0.262. The Labute approximate surface area is 221 Å². The van der Waals surface area contributed by atoms with Crippen LogP contribution in [0, 0.1) is 0 Å². The second-order valence-electron chi connectivity index (χ2n) is 9.48. The predicted octanol–water partition coefficient (Wildman–Crippen LogP) is 7.49. The number of allylic oxidation sites excluding steroid dienone is 7. The van der Waals surface area contributed by atoms with Crippen molar-refractivity contribution in [2.45, 2.75) is 0 Å². The van der Waals surface area contributed by atoms with Crippen molar-refractivity contribution in [1.82, 2.24) is 0 Å². The van der Waals surface area contributed by atoms with Gasteiger partial charge in [-0.15, -0.1) is 0 Å². The lowest BCUT2D eigenvalue weighted by Crippen LogP contribution is -2.07. The number of fused-ring (bicyclic) bond motifs is 2. The molecule has 0 spiro atoms. The van der Waals surface area contributed by atoms with Crippen LogP contribution in [0.25, 0.3) is 33.9 Å². The molecule has 180 valence electrons. The van der Waals surface area contributed by atoms with Crippen molar-refractivity contribution >= 4 is 33.9 Å². The van der Waals surface area contributed by atoms with E-state index in [-0.39, 0.29) is 0 Å². The van der Waals surface area contributed by atoms with Crippen molar-refractivity contribution in [2.24, 2.45) is 0 Å². The smallest absolute Gasteiger partial charge is 0.139 e. The standard InChI is InChI=1S/C36H24O2/c1-24-20-26(31-13-6-5-12-30(24)31)21-27-22-28(33-15-8-7-14-32(27)33)23-29-17-18-35(38-29)36(34-16-9-19-37-34)25-10-3-2-4-11-25/h2-23H,1H2/b27-21+,29-23-,36-35-. The topological polar surface area (TPSA) is 26.3 Å². The lowest BCUT2D eigenvalue weighted by Gasteiger charge is -2.04. The fourth-order valence-corrected chi connectivity index (χ4v) is 5.34. The molecule has 2 aromatic heterocycles. The van der Waals surface area contributed by atoms with Crippen molar-refractivity contribution in [3.8, 4) is 0 Å². The highest BCUT2D eigenvalue weighted by atomic mass is 16.3. The molecule has 38 heavy (non-hydrogen) atoms. The average molecular weight is 489 g/mol. The van der Waals surface area contributed by atoms with Gasteiger partial charge in [0.05, 0.1) is 11.8 Å². The van der Waals surface area contributed by atoms with E-state index in [4.69, 9.17) is 8.83 Å². The summed E-state index contributed by atoms with van der Waals surface area (Å²) in [6, 6.07) is 35.1. The highest BCUT2D eigenvalue weighted by Crippen LogP contribution is 2.41. The molecule has 2 aliphatic rings. The number of benzene rings is 3. The first kappa shape index (κ1) is 22.1. The van der Waals surface area contributed by atoms with Crippen LogP contribution in [-0.2, 0) is 0 Å². The molecule has 0 bridgehead atoms. The summed E-state index contributed by atoms with van der Waals surface area (Å²) in [7, 11) is 0. The fraction of sp³-hybridized carbons (Fsp3) is 0. The van der Waals surface area contributed by atoms with Gasteiger partial charge >= 0.3 is 0 Å². The van der Waals surface area contributed by atoms with Gasteiger partial charge in [-0.05, 0) is 98.7 Å². The van der Waals surface area contributed by atoms with Gasteiger partial charge in [0.2, 0.25) is 0 Å². The van der Waals surface area contributed by atoms with Crippen molar-refractivity contribution in [3.05, 3.63) is 179 Å². The van der Waals surface area contributed by atoms with Gasteiger partial charge in [-0.3, -0.25) is 0 Å². The molecule has 0 radical (unpaired) electrons. The highest BCUT2D eigenvalue weighted by Gasteiger charge is 2.20. The maximum atomic E-state index is 6.39. The molecule has 0 saturated heterocycles. The minimum atomic E-state index is 0.770. The summed E-state index contributed by atoms with van der Waals surface area (Å²) in [6.45, 7) is 4.24. The predicted molar refractivity (Wildman–Crippen MR) is 155 cm³/mol. The number of furan rings is 2. The minimum Gasteiger partial charge on any atom is -0.464 e. The van der Waals surface area contributed by atoms with E-state index in [0.29, 0.717) is 0 Å². The Bertz CT molecular complexity index is 1910. The van der Waals surface area contributed by atoms with Gasteiger partial charge in [0.25, 0.3) is 0 Å². The van der Waals surface area contributed by atoms with Gasteiger partial charge in [0.15, 0.2) is 0 Å². The molecule has 0 saturated carbocycles. The molecule has 3 aromatic carbocycles. The Morgan fingerprint density at radius 3 is 2.05 bits per heavy atom. The summed E-state index contributed by atoms with van der Waals surface area (Å²) in [4.78, 5) is 0. The molecule has 2 heterocycles. The van der Waals surface area contributed by atoms with Crippen molar-refractivity contribution in [3.63, 3.8) is 0 Å². The summed E-state index contributed by atoms with van der Waals surface area (Å²) < 4.78 is 12.2. The third kappa shape index (κ3) is 3.84. The first-order valence-corrected chi connectivity index (χ1v) is 12.7.